The molecule has 1 aromatic rings. The van der Waals surface area contributed by atoms with E-state index in [1.807, 2.05) is 25.1 Å². The summed E-state index contributed by atoms with van der Waals surface area (Å²) in [4.78, 5) is 23.5. The van der Waals surface area contributed by atoms with Crippen molar-refractivity contribution in [1.82, 2.24) is 5.32 Å². The van der Waals surface area contributed by atoms with Gasteiger partial charge in [0.2, 0.25) is 5.91 Å². The summed E-state index contributed by atoms with van der Waals surface area (Å²) in [6, 6.07) is 5.96. The minimum atomic E-state index is -0.854. The summed E-state index contributed by atoms with van der Waals surface area (Å²) in [5.74, 6) is 0.430. The first-order valence-corrected chi connectivity index (χ1v) is 8.71. The second kappa shape index (κ2) is 6.83. The number of carbonyl (C=O) groups excluding carboxylic acids is 1. The molecule has 24 heavy (non-hydrogen) atoms. The molecule has 1 amide bonds. The molecule has 2 N–H and O–H groups in total. The van der Waals surface area contributed by atoms with Crippen LogP contribution in [0, 0.1) is 18.3 Å². The zero-order valence-electron chi connectivity index (χ0n) is 14.1. The van der Waals surface area contributed by atoms with Crippen LogP contribution in [0.25, 0.3) is 0 Å². The van der Waals surface area contributed by atoms with E-state index in [1.54, 1.807) is 0 Å². The van der Waals surface area contributed by atoms with Gasteiger partial charge in [-0.1, -0.05) is 18.6 Å². The van der Waals surface area contributed by atoms with Gasteiger partial charge in [0.25, 0.3) is 0 Å². The Morgan fingerprint density at radius 1 is 1.33 bits per heavy atom. The fourth-order valence-corrected chi connectivity index (χ4v) is 3.07. The number of benzene rings is 1. The van der Waals surface area contributed by atoms with Crippen molar-refractivity contribution in [1.29, 1.82) is 0 Å². The first-order valence-electron chi connectivity index (χ1n) is 8.71. The molecule has 5 heteroatoms. The summed E-state index contributed by atoms with van der Waals surface area (Å²) < 4.78 is 5.90. The molecule has 2 aliphatic rings. The molecule has 0 radical (unpaired) electrons. The molecule has 0 heterocycles. The van der Waals surface area contributed by atoms with Crippen LogP contribution in [0.4, 0.5) is 0 Å². The van der Waals surface area contributed by atoms with Crippen molar-refractivity contribution in [2.24, 2.45) is 11.3 Å². The van der Waals surface area contributed by atoms with E-state index in [0.29, 0.717) is 25.3 Å². The third-order valence-electron chi connectivity index (χ3n) is 5.13. The van der Waals surface area contributed by atoms with Crippen LogP contribution in [-0.2, 0) is 16.1 Å². The fraction of sp³-hybridized carbons (Fsp3) is 0.579. The molecule has 0 saturated heterocycles. The monoisotopic (exact) mass is 331 g/mol. The predicted molar refractivity (Wildman–Crippen MR) is 89.8 cm³/mol. The van der Waals surface area contributed by atoms with Gasteiger partial charge in [0, 0.05) is 18.5 Å². The predicted octanol–water partition coefficient (Wildman–Crippen LogP) is 3.05. The number of hydrogen-bond acceptors (Lipinski definition) is 3. The Hall–Kier alpha value is -2.04. The summed E-state index contributed by atoms with van der Waals surface area (Å²) >= 11 is 0. The van der Waals surface area contributed by atoms with Crippen LogP contribution in [0.3, 0.4) is 0 Å². The number of rotatable bonds is 8. The van der Waals surface area contributed by atoms with Gasteiger partial charge in [-0.2, -0.15) is 0 Å². The maximum Gasteiger partial charge on any atom is 0.310 e. The van der Waals surface area contributed by atoms with Crippen molar-refractivity contribution in [3.05, 3.63) is 29.3 Å². The number of aliphatic carboxylic acids is 1. The maximum absolute atomic E-state index is 12.2. The molecule has 0 atom stereocenters. The van der Waals surface area contributed by atoms with Gasteiger partial charge in [0.1, 0.15) is 5.75 Å². The number of nitrogens with one attached hydrogen (secondary N) is 1. The minimum Gasteiger partial charge on any atom is -0.493 e. The van der Waals surface area contributed by atoms with E-state index in [2.05, 4.69) is 5.32 Å². The number of carbonyl (C=O) groups is 2. The van der Waals surface area contributed by atoms with Gasteiger partial charge in [-0.15, -0.1) is 0 Å². The van der Waals surface area contributed by atoms with Crippen molar-refractivity contribution in [3.63, 3.8) is 0 Å². The van der Waals surface area contributed by atoms with Crippen LogP contribution in [0.2, 0.25) is 0 Å². The maximum atomic E-state index is 12.2. The Morgan fingerprint density at radius 2 is 2.08 bits per heavy atom. The van der Waals surface area contributed by atoms with Crippen molar-refractivity contribution >= 4 is 11.9 Å². The molecular weight excluding hydrogens is 306 g/mol. The number of amides is 1. The van der Waals surface area contributed by atoms with Gasteiger partial charge in [0.05, 0.1) is 12.0 Å². The molecule has 130 valence electrons. The lowest BCUT2D eigenvalue weighted by Crippen LogP contribution is -2.42. The van der Waals surface area contributed by atoms with Crippen molar-refractivity contribution in [2.75, 3.05) is 6.61 Å². The van der Waals surface area contributed by atoms with Crippen LogP contribution in [0.1, 0.15) is 49.7 Å². The standard InChI is InChI=1S/C19H25NO4/c1-13-3-6-15(16(9-13)24-12-14-4-5-14)11-20-17(21)10-19(18(22)23)7-2-8-19/h3,6,9,14H,2,4-5,7-8,10-12H2,1H3,(H,20,21)(H,22,23). The van der Waals surface area contributed by atoms with Crippen LogP contribution >= 0.6 is 0 Å². The second-order valence-electron chi connectivity index (χ2n) is 7.26. The zero-order chi connectivity index (χ0) is 17.2. The molecule has 1 aromatic carbocycles. The molecule has 2 aliphatic carbocycles. The summed E-state index contributed by atoms with van der Waals surface area (Å²) in [6.45, 7) is 3.11. The zero-order valence-corrected chi connectivity index (χ0v) is 14.1. The third kappa shape index (κ3) is 3.89. The number of carboxylic acid groups (broad SMARTS) is 1. The average Bonchev–Trinajstić information content (AvgIpc) is 3.31. The molecular formula is C19H25NO4. The summed E-state index contributed by atoms with van der Waals surface area (Å²) in [5, 5.41) is 12.2. The highest BCUT2D eigenvalue weighted by Crippen LogP contribution is 2.44. The largest absolute Gasteiger partial charge is 0.493 e. The highest BCUT2D eigenvalue weighted by atomic mass is 16.5. The van der Waals surface area contributed by atoms with Crippen LogP contribution in [0.15, 0.2) is 18.2 Å². The van der Waals surface area contributed by atoms with Crippen molar-refractivity contribution < 1.29 is 19.4 Å². The third-order valence-corrected chi connectivity index (χ3v) is 5.13. The van der Waals surface area contributed by atoms with E-state index in [4.69, 9.17) is 4.74 Å². The quantitative estimate of drug-likeness (QED) is 0.768. The Morgan fingerprint density at radius 3 is 2.67 bits per heavy atom. The smallest absolute Gasteiger partial charge is 0.310 e. The summed E-state index contributed by atoms with van der Waals surface area (Å²) in [7, 11) is 0. The molecule has 0 aromatic heterocycles. The van der Waals surface area contributed by atoms with Crippen molar-refractivity contribution in [3.8, 4) is 5.75 Å². The van der Waals surface area contributed by atoms with Crippen LogP contribution in [0.5, 0.6) is 5.75 Å². The normalized spacial score (nSPS) is 18.5. The molecule has 2 fully saturated rings. The SMILES string of the molecule is Cc1ccc(CNC(=O)CC2(C(=O)O)CCC2)c(OCC2CC2)c1. The van der Waals surface area contributed by atoms with Crippen molar-refractivity contribution in [2.45, 2.75) is 52.0 Å². The molecule has 0 unspecified atom stereocenters. The highest BCUT2D eigenvalue weighted by Gasteiger charge is 2.45. The average molecular weight is 331 g/mol. The number of hydrogen-bond donors (Lipinski definition) is 2. The van der Waals surface area contributed by atoms with Gasteiger partial charge in [0.15, 0.2) is 0 Å². The topological polar surface area (TPSA) is 75.6 Å². The van der Waals surface area contributed by atoms with Gasteiger partial charge < -0.3 is 15.2 Å². The summed E-state index contributed by atoms with van der Waals surface area (Å²) in [6.07, 6.45) is 4.60. The molecule has 0 bridgehead atoms. The van der Waals surface area contributed by atoms with Gasteiger partial charge in [-0.25, -0.2) is 0 Å². The van der Waals surface area contributed by atoms with Crippen LogP contribution < -0.4 is 10.1 Å². The van der Waals surface area contributed by atoms with E-state index in [0.717, 1.165) is 29.9 Å². The summed E-state index contributed by atoms with van der Waals surface area (Å²) in [5.41, 5.74) is 1.21. The Balaban J connectivity index is 1.57. The minimum absolute atomic E-state index is 0.0620. The number of aryl methyl sites for hydroxylation is 1. The Bertz CT molecular complexity index is 632. The van der Waals surface area contributed by atoms with Gasteiger partial charge >= 0.3 is 5.97 Å². The van der Waals surface area contributed by atoms with E-state index < -0.39 is 11.4 Å². The second-order valence-corrected chi connectivity index (χ2v) is 7.26. The number of carboxylic acids is 1. The van der Waals surface area contributed by atoms with E-state index in [9.17, 15) is 14.7 Å². The Labute approximate surface area is 142 Å². The van der Waals surface area contributed by atoms with Crippen LogP contribution in [-0.4, -0.2) is 23.6 Å². The molecule has 0 spiro atoms. The molecule has 2 saturated carbocycles. The molecule has 5 nitrogen and oxygen atoms in total. The highest BCUT2D eigenvalue weighted by molar-refractivity contribution is 5.85. The molecule has 3 rings (SSSR count). The number of ether oxygens (including phenoxy) is 1. The van der Waals surface area contributed by atoms with Gasteiger partial charge in [-0.3, -0.25) is 9.59 Å². The van der Waals surface area contributed by atoms with Gasteiger partial charge in [-0.05, 0) is 50.2 Å². The van der Waals surface area contributed by atoms with E-state index in [1.165, 1.54) is 12.8 Å². The lowest BCUT2D eigenvalue weighted by molar-refractivity contribution is -0.157. The molecule has 0 aliphatic heterocycles. The first-order chi connectivity index (χ1) is 11.5. The van der Waals surface area contributed by atoms with E-state index >= 15 is 0 Å². The van der Waals surface area contributed by atoms with E-state index in [-0.39, 0.29) is 12.3 Å². The fourth-order valence-electron chi connectivity index (χ4n) is 3.07. The first kappa shape index (κ1) is 16.8. The lowest BCUT2D eigenvalue weighted by atomic mass is 9.66. The Kier molecular flexibility index (Phi) is 4.78. The lowest BCUT2D eigenvalue weighted by Gasteiger charge is -2.36.